The fourth-order valence-electron chi connectivity index (χ4n) is 3.46. The molecule has 1 aliphatic rings. The lowest BCUT2D eigenvalue weighted by Gasteiger charge is -2.36. The normalized spacial score (nSPS) is 18.0. The summed E-state index contributed by atoms with van der Waals surface area (Å²) in [5.74, 6) is 0.769. The molecule has 0 bridgehead atoms. The van der Waals surface area contributed by atoms with E-state index in [1.165, 1.54) is 29.2 Å². The number of hydrogen-bond acceptors (Lipinski definition) is 2. The highest BCUT2D eigenvalue weighted by Gasteiger charge is 2.22. The number of hydrogen-bond donors (Lipinski definition) is 1. The van der Waals surface area contributed by atoms with E-state index in [9.17, 15) is 0 Å². The molecule has 1 saturated heterocycles. The monoisotopic (exact) mass is 296 g/mol. The molecule has 22 heavy (non-hydrogen) atoms. The second-order valence-electron chi connectivity index (χ2n) is 6.88. The van der Waals surface area contributed by atoms with Gasteiger partial charge in [-0.1, -0.05) is 50.2 Å². The second kappa shape index (κ2) is 7.26. The minimum Gasteiger partial charge on any atom is -0.314 e. The molecular weight excluding hydrogens is 268 g/mol. The van der Waals surface area contributed by atoms with Crippen molar-refractivity contribution < 1.29 is 0 Å². The summed E-state index contributed by atoms with van der Waals surface area (Å²) in [6.45, 7) is 9.22. The highest BCUT2D eigenvalue weighted by atomic mass is 15.2. The topological polar surface area (TPSA) is 15.3 Å². The zero-order valence-electron chi connectivity index (χ0n) is 13.9. The number of nitrogens with zero attached hydrogens (tertiary/aromatic N) is 1. The van der Waals surface area contributed by atoms with E-state index in [0.717, 1.165) is 32.1 Å². The summed E-state index contributed by atoms with van der Waals surface area (Å²) in [5.41, 5.74) is 1.49. The van der Waals surface area contributed by atoms with Crippen LogP contribution in [0.5, 0.6) is 0 Å². The average Bonchev–Trinajstić information content (AvgIpc) is 2.55. The smallest absolute Gasteiger partial charge is 0.0349 e. The molecule has 3 rings (SSSR count). The van der Waals surface area contributed by atoms with Gasteiger partial charge in [0.05, 0.1) is 0 Å². The average molecular weight is 296 g/mol. The molecule has 0 radical (unpaired) electrons. The summed E-state index contributed by atoms with van der Waals surface area (Å²) >= 11 is 0. The second-order valence-corrected chi connectivity index (χ2v) is 6.88. The fourth-order valence-corrected chi connectivity index (χ4v) is 3.46. The van der Waals surface area contributed by atoms with Gasteiger partial charge in [0, 0.05) is 32.2 Å². The van der Waals surface area contributed by atoms with Crippen molar-refractivity contribution >= 4 is 10.8 Å². The van der Waals surface area contributed by atoms with Crippen molar-refractivity contribution in [2.75, 3.05) is 26.2 Å². The number of piperazine rings is 1. The molecule has 0 saturated carbocycles. The Morgan fingerprint density at radius 3 is 2.41 bits per heavy atom. The molecule has 2 nitrogen and oxygen atoms in total. The van der Waals surface area contributed by atoms with Crippen LogP contribution in [-0.4, -0.2) is 31.1 Å². The Bertz CT molecular complexity index is 599. The lowest BCUT2D eigenvalue weighted by atomic mass is 9.94. The maximum Gasteiger partial charge on any atom is 0.0349 e. The van der Waals surface area contributed by atoms with Crippen molar-refractivity contribution in [1.29, 1.82) is 0 Å². The molecule has 2 aromatic rings. The van der Waals surface area contributed by atoms with Crippen molar-refractivity contribution in [3.05, 3.63) is 48.0 Å². The Morgan fingerprint density at radius 1 is 0.955 bits per heavy atom. The minimum atomic E-state index is 0.564. The maximum absolute atomic E-state index is 3.47. The van der Waals surface area contributed by atoms with Gasteiger partial charge in [-0.05, 0) is 41.2 Å². The van der Waals surface area contributed by atoms with Gasteiger partial charge in [0.15, 0.2) is 0 Å². The Balaban J connectivity index is 1.87. The number of fused-ring (bicyclic) bond motifs is 1. The van der Waals surface area contributed by atoms with E-state index in [1.54, 1.807) is 0 Å². The van der Waals surface area contributed by atoms with E-state index >= 15 is 0 Å². The molecule has 1 heterocycles. The summed E-state index contributed by atoms with van der Waals surface area (Å²) in [6, 6.07) is 16.3. The quantitative estimate of drug-likeness (QED) is 0.888. The number of benzene rings is 2. The zero-order valence-corrected chi connectivity index (χ0v) is 13.9. The van der Waals surface area contributed by atoms with Crippen LogP contribution in [0.4, 0.5) is 0 Å². The molecule has 0 amide bonds. The first-order chi connectivity index (χ1) is 10.7. The van der Waals surface area contributed by atoms with Gasteiger partial charge >= 0.3 is 0 Å². The molecule has 1 N–H and O–H groups in total. The highest BCUT2D eigenvalue weighted by molar-refractivity contribution is 5.83. The van der Waals surface area contributed by atoms with Crippen LogP contribution < -0.4 is 5.32 Å². The first kappa shape index (κ1) is 15.5. The molecule has 2 heteroatoms. The van der Waals surface area contributed by atoms with E-state index in [4.69, 9.17) is 0 Å². The third-order valence-electron chi connectivity index (χ3n) is 4.77. The molecule has 1 fully saturated rings. The number of rotatable bonds is 5. The van der Waals surface area contributed by atoms with Crippen LogP contribution in [0.15, 0.2) is 42.5 Å². The van der Waals surface area contributed by atoms with Crippen molar-refractivity contribution in [2.24, 2.45) is 5.92 Å². The van der Waals surface area contributed by atoms with Gasteiger partial charge in [-0.2, -0.15) is 0 Å². The molecule has 2 aromatic carbocycles. The Kier molecular flexibility index (Phi) is 5.12. The van der Waals surface area contributed by atoms with Crippen LogP contribution in [0.1, 0.15) is 38.3 Å². The van der Waals surface area contributed by atoms with Crippen LogP contribution in [-0.2, 0) is 0 Å². The summed E-state index contributed by atoms with van der Waals surface area (Å²) in [7, 11) is 0. The van der Waals surface area contributed by atoms with Gasteiger partial charge in [-0.3, -0.25) is 4.90 Å². The van der Waals surface area contributed by atoms with Gasteiger partial charge in [-0.25, -0.2) is 0 Å². The molecule has 0 aliphatic carbocycles. The van der Waals surface area contributed by atoms with Crippen LogP contribution in [0.25, 0.3) is 10.8 Å². The Labute approximate surface area is 134 Å². The third-order valence-corrected chi connectivity index (χ3v) is 4.77. The number of nitrogens with one attached hydrogen (secondary N) is 1. The van der Waals surface area contributed by atoms with E-state index in [2.05, 4.69) is 66.5 Å². The summed E-state index contributed by atoms with van der Waals surface area (Å²) < 4.78 is 0. The summed E-state index contributed by atoms with van der Waals surface area (Å²) in [4.78, 5) is 2.67. The summed E-state index contributed by atoms with van der Waals surface area (Å²) in [6.07, 6.45) is 2.55. The Morgan fingerprint density at radius 2 is 1.68 bits per heavy atom. The van der Waals surface area contributed by atoms with Gasteiger partial charge in [0.25, 0.3) is 0 Å². The van der Waals surface area contributed by atoms with Crippen LogP contribution in [0, 0.1) is 5.92 Å². The lowest BCUT2D eigenvalue weighted by Crippen LogP contribution is -2.45. The largest absolute Gasteiger partial charge is 0.314 e. The predicted octanol–water partition coefficient (Wildman–Crippen LogP) is 4.22. The van der Waals surface area contributed by atoms with Crippen LogP contribution in [0.3, 0.4) is 0 Å². The van der Waals surface area contributed by atoms with Crippen molar-refractivity contribution in [2.45, 2.75) is 32.7 Å². The highest BCUT2D eigenvalue weighted by Crippen LogP contribution is 2.30. The summed E-state index contributed by atoms with van der Waals surface area (Å²) in [5, 5.41) is 6.18. The Hall–Kier alpha value is -1.38. The van der Waals surface area contributed by atoms with E-state index in [-0.39, 0.29) is 0 Å². The zero-order chi connectivity index (χ0) is 15.4. The van der Waals surface area contributed by atoms with Gasteiger partial charge in [0.2, 0.25) is 0 Å². The van der Waals surface area contributed by atoms with Crippen LogP contribution in [0.2, 0.25) is 0 Å². The van der Waals surface area contributed by atoms with Crippen molar-refractivity contribution in [3.63, 3.8) is 0 Å². The van der Waals surface area contributed by atoms with Crippen LogP contribution >= 0.6 is 0 Å². The van der Waals surface area contributed by atoms with Gasteiger partial charge in [0.1, 0.15) is 0 Å². The lowest BCUT2D eigenvalue weighted by molar-refractivity contribution is 0.160. The predicted molar refractivity (Wildman–Crippen MR) is 95.2 cm³/mol. The molecule has 0 spiro atoms. The van der Waals surface area contributed by atoms with Crippen molar-refractivity contribution in [1.82, 2.24) is 10.2 Å². The van der Waals surface area contributed by atoms with E-state index < -0.39 is 0 Å². The molecule has 118 valence electrons. The SMILES string of the molecule is CC(C)CC[C@@H](c1ccc2ccccc2c1)N1CCNCC1. The molecule has 1 aliphatic heterocycles. The molecule has 0 aromatic heterocycles. The fraction of sp³-hybridized carbons (Fsp3) is 0.500. The first-order valence-electron chi connectivity index (χ1n) is 8.67. The molecule has 1 atom stereocenters. The van der Waals surface area contributed by atoms with Gasteiger partial charge < -0.3 is 5.32 Å². The van der Waals surface area contributed by atoms with Gasteiger partial charge in [-0.15, -0.1) is 0 Å². The molecule has 0 unspecified atom stereocenters. The first-order valence-corrected chi connectivity index (χ1v) is 8.67. The third kappa shape index (κ3) is 3.68. The minimum absolute atomic E-state index is 0.564. The standard InChI is InChI=1S/C20H28N2/c1-16(2)7-10-20(22-13-11-21-12-14-22)19-9-8-17-5-3-4-6-18(17)15-19/h3-6,8-9,15-16,20-21H,7,10-14H2,1-2H3/t20-/m0/s1. The molecular formula is C20H28N2. The van der Waals surface area contributed by atoms with E-state index in [1.807, 2.05) is 0 Å². The maximum atomic E-state index is 3.47. The van der Waals surface area contributed by atoms with E-state index in [0.29, 0.717) is 6.04 Å². The van der Waals surface area contributed by atoms with Crippen molar-refractivity contribution in [3.8, 4) is 0 Å².